The predicted molar refractivity (Wildman–Crippen MR) is 67.3 cm³/mol. The average molecular weight is 230 g/mol. The number of hydrazine groups is 1. The van der Waals surface area contributed by atoms with Gasteiger partial charge >= 0.3 is 0 Å². The highest BCUT2D eigenvalue weighted by molar-refractivity contribution is 5.89. The number of hydrogen-bond acceptors (Lipinski definition) is 4. The zero-order valence-corrected chi connectivity index (χ0v) is 9.45. The summed E-state index contributed by atoms with van der Waals surface area (Å²) < 4.78 is 0. The highest BCUT2D eigenvalue weighted by Gasteiger charge is 2.05. The molecule has 0 aromatic heterocycles. The third-order valence-electron chi connectivity index (χ3n) is 2.27. The first-order valence-electron chi connectivity index (χ1n) is 5.22. The predicted octanol–water partition coefficient (Wildman–Crippen LogP) is 0.894. The van der Waals surface area contributed by atoms with Crippen LogP contribution >= 0.6 is 0 Å². The average Bonchev–Trinajstić information content (AvgIpc) is 2.29. The van der Waals surface area contributed by atoms with Crippen LogP contribution in [0.3, 0.4) is 0 Å². The normalized spacial score (nSPS) is 13.9. The summed E-state index contributed by atoms with van der Waals surface area (Å²) in [5.41, 5.74) is 14.0. The van der Waals surface area contributed by atoms with E-state index >= 15 is 0 Å². The molecule has 1 aliphatic rings. The first kappa shape index (κ1) is 11.1. The van der Waals surface area contributed by atoms with Gasteiger partial charge in [-0.05, 0) is 24.3 Å². The molecular weight excluding hydrogens is 216 g/mol. The minimum absolute atomic E-state index is 0.0880. The number of hydrogen-bond donors (Lipinski definition) is 4. The van der Waals surface area contributed by atoms with Gasteiger partial charge in [0.25, 0.3) is 0 Å². The number of allylic oxidation sites excluding steroid dienone is 2. The van der Waals surface area contributed by atoms with Crippen LogP contribution in [0.1, 0.15) is 12.5 Å². The number of nitrogens with one attached hydrogen (secondary N) is 3. The van der Waals surface area contributed by atoms with Gasteiger partial charge in [0, 0.05) is 18.2 Å². The van der Waals surface area contributed by atoms with Crippen LogP contribution in [0.5, 0.6) is 0 Å². The fraction of sp³-hybridized carbons (Fsp3) is 0.0833. The molecule has 0 spiro atoms. The Balaban J connectivity index is 2.24. The monoisotopic (exact) mass is 230 g/mol. The Morgan fingerprint density at radius 1 is 1.29 bits per heavy atom. The summed E-state index contributed by atoms with van der Waals surface area (Å²) in [4.78, 5) is 11.0. The standard InChI is InChI=1S/C12H14N4O/c1-8(17)14-10-4-2-3-9(7-10)11-5-6-12(13)16-15-11/h2-7,15-16H,13H2,1H3,(H,14,17). The molecule has 0 saturated carbocycles. The zero-order chi connectivity index (χ0) is 12.3. The molecule has 0 radical (unpaired) electrons. The molecule has 0 atom stereocenters. The topological polar surface area (TPSA) is 79.2 Å². The lowest BCUT2D eigenvalue weighted by molar-refractivity contribution is -0.114. The van der Waals surface area contributed by atoms with Gasteiger partial charge in [-0.15, -0.1) is 0 Å². The van der Waals surface area contributed by atoms with Crippen LogP contribution in [0.4, 0.5) is 5.69 Å². The van der Waals surface area contributed by atoms with Crippen LogP contribution in [0.2, 0.25) is 0 Å². The molecule has 1 aliphatic heterocycles. The Morgan fingerprint density at radius 2 is 2.12 bits per heavy atom. The van der Waals surface area contributed by atoms with Crippen LogP contribution in [0.15, 0.2) is 42.2 Å². The molecule has 2 rings (SSSR count). The van der Waals surface area contributed by atoms with Crippen LogP contribution in [0, 0.1) is 0 Å². The number of carbonyl (C=O) groups excluding carboxylic acids is 1. The third-order valence-corrected chi connectivity index (χ3v) is 2.27. The molecule has 0 saturated heterocycles. The SMILES string of the molecule is CC(=O)Nc1cccc(C2=CC=C(N)NN2)c1. The summed E-state index contributed by atoms with van der Waals surface area (Å²) in [6.07, 6.45) is 3.65. The second-order valence-corrected chi connectivity index (χ2v) is 3.71. The van der Waals surface area contributed by atoms with Crippen molar-refractivity contribution in [3.05, 3.63) is 47.8 Å². The van der Waals surface area contributed by atoms with E-state index in [2.05, 4.69) is 16.2 Å². The highest BCUT2D eigenvalue weighted by atomic mass is 16.1. The fourth-order valence-electron chi connectivity index (χ4n) is 1.53. The van der Waals surface area contributed by atoms with E-state index in [0.717, 1.165) is 16.9 Å². The molecule has 0 aliphatic carbocycles. The number of rotatable bonds is 2. The highest BCUT2D eigenvalue weighted by Crippen LogP contribution is 2.17. The van der Waals surface area contributed by atoms with Gasteiger partial charge in [-0.3, -0.25) is 15.6 Å². The Hall–Kier alpha value is -2.43. The molecule has 88 valence electrons. The molecule has 0 unspecified atom stereocenters. The summed E-state index contributed by atoms with van der Waals surface area (Å²) in [5.74, 6) is 0.474. The largest absolute Gasteiger partial charge is 0.384 e. The van der Waals surface area contributed by atoms with Gasteiger partial charge < -0.3 is 11.1 Å². The van der Waals surface area contributed by atoms with Gasteiger partial charge in [-0.25, -0.2) is 0 Å². The van der Waals surface area contributed by atoms with Crippen molar-refractivity contribution in [2.75, 3.05) is 5.32 Å². The molecule has 17 heavy (non-hydrogen) atoms. The maximum absolute atomic E-state index is 11.0. The second kappa shape index (κ2) is 4.61. The van der Waals surface area contributed by atoms with Crippen LogP contribution in [-0.4, -0.2) is 5.91 Å². The minimum Gasteiger partial charge on any atom is -0.384 e. The van der Waals surface area contributed by atoms with Gasteiger partial charge in [0.15, 0.2) is 0 Å². The zero-order valence-electron chi connectivity index (χ0n) is 9.45. The second-order valence-electron chi connectivity index (χ2n) is 3.71. The maximum atomic E-state index is 11.0. The number of benzene rings is 1. The summed E-state index contributed by atoms with van der Waals surface area (Å²) in [7, 11) is 0. The van der Waals surface area contributed by atoms with E-state index in [4.69, 9.17) is 5.73 Å². The maximum Gasteiger partial charge on any atom is 0.221 e. The van der Waals surface area contributed by atoms with Crippen molar-refractivity contribution < 1.29 is 4.79 Å². The van der Waals surface area contributed by atoms with Crippen molar-refractivity contribution in [1.82, 2.24) is 10.9 Å². The lowest BCUT2D eigenvalue weighted by Crippen LogP contribution is -2.35. The first-order valence-corrected chi connectivity index (χ1v) is 5.22. The smallest absolute Gasteiger partial charge is 0.221 e. The van der Waals surface area contributed by atoms with Crippen molar-refractivity contribution in [2.24, 2.45) is 5.73 Å². The van der Waals surface area contributed by atoms with Gasteiger partial charge in [0.05, 0.1) is 5.70 Å². The van der Waals surface area contributed by atoms with Crippen LogP contribution in [0.25, 0.3) is 5.70 Å². The lowest BCUT2D eigenvalue weighted by Gasteiger charge is -2.17. The van der Waals surface area contributed by atoms with E-state index in [1.807, 2.05) is 30.3 Å². The van der Waals surface area contributed by atoms with E-state index in [9.17, 15) is 4.79 Å². The summed E-state index contributed by atoms with van der Waals surface area (Å²) >= 11 is 0. The number of carbonyl (C=O) groups is 1. The van der Waals surface area contributed by atoms with Gasteiger partial charge in [0.1, 0.15) is 5.82 Å². The van der Waals surface area contributed by atoms with Gasteiger partial charge in [0.2, 0.25) is 5.91 Å². The Morgan fingerprint density at radius 3 is 2.76 bits per heavy atom. The van der Waals surface area contributed by atoms with Crippen LogP contribution < -0.4 is 21.9 Å². The Labute approximate surface area is 99.4 Å². The number of anilines is 1. The number of nitrogens with two attached hydrogens (primary N) is 1. The molecule has 5 heteroatoms. The quantitative estimate of drug-likeness (QED) is 0.608. The summed E-state index contributed by atoms with van der Waals surface area (Å²) in [5, 5.41) is 2.74. The van der Waals surface area contributed by atoms with E-state index in [1.54, 1.807) is 6.08 Å². The lowest BCUT2D eigenvalue weighted by atomic mass is 10.1. The van der Waals surface area contributed by atoms with Crippen LogP contribution in [-0.2, 0) is 4.79 Å². The van der Waals surface area contributed by atoms with E-state index in [-0.39, 0.29) is 5.91 Å². The molecule has 1 aromatic carbocycles. The minimum atomic E-state index is -0.0880. The third kappa shape index (κ3) is 2.78. The van der Waals surface area contributed by atoms with Crippen molar-refractivity contribution in [2.45, 2.75) is 6.92 Å². The van der Waals surface area contributed by atoms with Gasteiger partial charge in [-0.1, -0.05) is 12.1 Å². The van der Waals surface area contributed by atoms with E-state index in [1.165, 1.54) is 6.92 Å². The summed E-state index contributed by atoms with van der Waals surface area (Å²) in [6.45, 7) is 1.48. The molecule has 1 heterocycles. The summed E-state index contributed by atoms with van der Waals surface area (Å²) in [6, 6.07) is 7.55. The van der Waals surface area contributed by atoms with Crippen molar-refractivity contribution >= 4 is 17.3 Å². The van der Waals surface area contributed by atoms with E-state index < -0.39 is 0 Å². The van der Waals surface area contributed by atoms with Gasteiger partial charge in [-0.2, -0.15) is 0 Å². The van der Waals surface area contributed by atoms with Crippen molar-refractivity contribution in [3.8, 4) is 0 Å². The molecular formula is C12H14N4O. The Bertz CT molecular complexity index is 505. The molecule has 1 amide bonds. The van der Waals surface area contributed by atoms with Crippen molar-refractivity contribution in [1.29, 1.82) is 0 Å². The van der Waals surface area contributed by atoms with Crippen molar-refractivity contribution in [3.63, 3.8) is 0 Å². The first-order chi connectivity index (χ1) is 8.15. The molecule has 0 fully saturated rings. The number of amides is 1. The van der Waals surface area contributed by atoms with E-state index in [0.29, 0.717) is 5.82 Å². The molecule has 1 aromatic rings. The molecule has 5 nitrogen and oxygen atoms in total. The molecule has 0 bridgehead atoms. The molecule has 5 N–H and O–H groups in total. The fourth-order valence-corrected chi connectivity index (χ4v) is 1.53. The Kier molecular flexibility index (Phi) is 3.00.